The molecule has 0 bridgehead atoms. The van der Waals surface area contributed by atoms with Crippen LogP contribution >= 0.6 is 0 Å². The fourth-order valence-electron chi connectivity index (χ4n) is 5.02. The Labute approximate surface area is 213 Å². The van der Waals surface area contributed by atoms with Crippen LogP contribution in [-0.2, 0) is 11.8 Å². The predicted molar refractivity (Wildman–Crippen MR) is 142 cm³/mol. The second-order valence-electron chi connectivity index (χ2n) is 9.02. The number of aryl methyl sites for hydroxylation is 2. The van der Waals surface area contributed by atoms with E-state index >= 15 is 0 Å². The van der Waals surface area contributed by atoms with Crippen molar-refractivity contribution in [2.24, 2.45) is 23.7 Å². The zero-order valence-electron chi connectivity index (χ0n) is 20.8. The van der Waals surface area contributed by atoms with Gasteiger partial charge in [-0.05, 0) is 43.2 Å². The number of nitrogens with two attached hydrogens (primary N) is 1. The Kier molecular flexibility index (Phi) is 6.12. The molecule has 5 rings (SSSR count). The van der Waals surface area contributed by atoms with E-state index in [9.17, 15) is 14.4 Å². The number of nitrogens with zero attached hydrogens (tertiary/aromatic N) is 3. The van der Waals surface area contributed by atoms with Crippen LogP contribution in [0.25, 0.3) is 16.8 Å². The van der Waals surface area contributed by atoms with E-state index in [0.29, 0.717) is 34.8 Å². The van der Waals surface area contributed by atoms with Gasteiger partial charge in [-0.25, -0.2) is 0 Å². The third-order valence-corrected chi connectivity index (χ3v) is 6.74. The van der Waals surface area contributed by atoms with Crippen LogP contribution in [0.1, 0.15) is 28.6 Å². The van der Waals surface area contributed by atoms with E-state index in [1.807, 2.05) is 37.3 Å². The van der Waals surface area contributed by atoms with Crippen molar-refractivity contribution in [2.45, 2.75) is 19.9 Å². The molecule has 2 aliphatic rings. The van der Waals surface area contributed by atoms with Gasteiger partial charge < -0.3 is 20.5 Å². The molecule has 3 heterocycles. The standard InChI is InChI=1S/C28H27N5O4/c1-4-33-22(17-8-10-18(11-9-17)23-16(2)37-32(3)28(23)36)15-19-12-13-30-24(25(19)33)27(35)31-21-7-5-6-20(14-21)26(29)34/h5-15,19,25H,4H2,1-3H3,(H2,29,34)(H,31,35). The normalized spacial score (nSPS) is 18.3. The number of hydrogen-bond donors (Lipinski definition) is 2. The molecule has 9 nitrogen and oxygen atoms in total. The Balaban J connectivity index is 1.40. The predicted octanol–water partition coefficient (Wildman–Crippen LogP) is 3.32. The molecule has 0 saturated carbocycles. The van der Waals surface area contributed by atoms with Gasteiger partial charge in [-0.1, -0.05) is 42.5 Å². The largest absolute Gasteiger partial charge is 0.381 e. The molecule has 188 valence electrons. The molecular formula is C28H27N5O4. The van der Waals surface area contributed by atoms with Crippen LogP contribution in [0, 0.1) is 12.8 Å². The molecule has 3 aromatic rings. The molecule has 2 atom stereocenters. The average Bonchev–Trinajstić information content (AvgIpc) is 3.39. The molecule has 2 unspecified atom stereocenters. The fraction of sp³-hybridized carbons (Fsp3) is 0.214. The molecule has 2 amide bonds. The van der Waals surface area contributed by atoms with E-state index in [0.717, 1.165) is 16.8 Å². The highest BCUT2D eigenvalue weighted by Crippen LogP contribution is 2.37. The van der Waals surface area contributed by atoms with Crippen molar-refractivity contribution in [2.75, 3.05) is 11.9 Å². The number of benzene rings is 2. The number of aromatic nitrogens is 1. The quantitative estimate of drug-likeness (QED) is 0.541. The Morgan fingerprint density at radius 2 is 1.86 bits per heavy atom. The van der Waals surface area contributed by atoms with Gasteiger partial charge in [0.15, 0.2) is 0 Å². The van der Waals surface area contributed by atoms with E-state index in [1.54, 1.807) is 44.4 Å². The van der Waals surface area contributed by atoms with Gasteiger partial charge in [0.05, 0.1) is 11.6 Å². The second kappa shape index (κ2) is 9.42. The van der Waals surface area contributed by atoms with Crippen molar-refractivity contribution in [3.05, 3.63) is 94.1 Å². The van der Waals surface area contributed by atoms with Gasteiger partial charge >= 0.3 is 0 Å². The minimum Gasteiger partial charge on any atom is -0.381 e. The average molecular weight is 498 g/mol. The van der Waals surface area contributed by atoms with Crippen molar-refractivity contribution in [3.63, 3.8) is 0 Å². The highest BCUT2D eigenvalue weighted by atomic mass is 16.5. The lowest BCUT2D eigenvalue weighted by molar-refractivity contribution is -0.110. The lowest BCUT2D eigenvalue weighted by Crippen LogP contribution is -2.46. The highest BCUT2D eigenvalue weighted by molar-refractivity contribution is 6.45. The lowest BCUT2D eigenvalue weighted by atomic mass is 9.94. The molecule has 2 aromatic carbocycles. The van der Waals surface area contributed by atoms with E-state index in [2.05, 4.69) is 21.3 Å². The van der Waals surface area contributed by atoms with Crippen molar-refractivity contribution in [3.8, 4) is 11.1 Å². The van der Waals surface area contributed by atoms with E-state index in [-0.39, 0.29) is 23.4 Å². The number of rotatable bonds is 6. The number of amides is 2. The summed E-state index contributed by atoms with van der Waals surface area (Å²) in [5.41, 5.74) is 9.66. The van der Waals surface area contributed by atoms with E-state index in [1.165, 1.54) is 4.74 Å². The summed E-state index contributed by atoms with van der Waals surface area (Å²) in [5.74, 6) is -0.367. The van der Waals surface area contributed by atoms with E-state index < -0.39 is 5.91 Å². The maximum absolute atomic E-state index is 13.3. The van der Waals surface area contributed by atoms with Crippen molar-refractivity contribution >= 4 is 28.9 Å². The van der Waals surface area contributed by atoms with Crippen molar-refractivity contribution < 1.29 is 14.1 Å². The first-order valence-corrected chi connectivity index (χ1v) is 12.0. The Morgan fingerprint density at radius 3 is 2.51 bits per heavy atom. The summed E-state index contributed by atoms with van der Waals surface area (Å²) in [6.07, 6.45) is 5.78. The molecule has 2 aliphatic heterocycles. The fourth-order valence-corrected chi connectivity index (χ4v) is 5.02. The number of carbonyl (C=O) groups is 2. The Bertz CT molecular complexity index is 1540. The summed E-state index contributed by atoms with van der Waals surface area (Å²) in [6, 6.07) is 14.0. The number of nitrogens with one attached hydrogen (secondary N) is 1. The van der Waals surface area contributed by atoms with Crippen LogP contribution in [0.3, 0.4) is 0 Å². The van der Waals surface area contributed by atoms with Crippen LogP contribution in [0.2, 0.25) is 0 Å². The first-order valence-electron chi connectivity index (χ1n) is 12.0. The van der Waals surface area contributed by atoms with Crippen molar-refractivity contribution in [1.29, 1.82) is 0 Å². The van der Waals surface area contributed by atoms with Crippen LogP contribution in [-0.4, -0.2) is 39.8 Å². The lowest BCUT2D eigenvalue weighted by Gasteiger charge is -2.32. The van der Waals surface area contributed by atoms with Gasteiger partial charge in [0, 0.05) is 42.7 Å². The molecule has 1 aromatic heterocycles. The number of hydrogen-bond acceptors (Lipinski definition) is 6. The molecule has 3 N–H and O–H groups in total. The molecule has 0 saturated heterocycles. The number of fused-ring (bicyclic) bond motifs is 1. The summed E-state index contributed by atoms with van der Waals surface area (Å²) in [7, 11) is 1.59. The summed E-state index contributed by atoms with van der Waals surface area (Å²) in [5, 5.41) is 2.86. The molecule has 37 heavy (non-hydrogen) atoms. The number of primary amides is 1. The second-order valence-corrected chi connectivity index (χ2v) is 9.02. The van der Waals surface area contributed by atoms with Gasteiger partial charge in [-0.3, -0.25) is 19.4 Å². The third kappa shape index (κ3) is 4.29. The number of carbonyl (C=O) groups excluding carboxylic acids is 2. The molecular weight excluding hydrogens is 470 g/mol. The highest BCUT2D eigenvalue weighted by Gasteiger charge is 2.40. The number of aliphatic imine (C=N–C) groups is 1. The third-order valence-electron chi connectivity index (χ3n) is 6.74. The first-order chi connectivity index (χ1) is 17.8. The van der Waals surface area contributed by atoms with Gasteiger partial charge in [0.25, 0.3) is 11.5 Å². The summed E-state index contributed by atoms with van der Waals surface area (Å²) < 4.78 is 6.65. The Hall–Kier alpha value is -4.66. The van der Waals surface area contributed by atoms with Gasteiger partial charge in [0.2, 0.25) is 5.91 Å². The molecule has 0 radical (unpaired) electrons. The molecule has 9 heteroatoms. The monoisotopic (exact) mass is 497 g/mol. The van der Waals surface area contributed by atoms with Gasteiger partial charge in [-0.15, -0.1) is 0 Å². The first kappa shape index (κ1) is 24.1. The van der Waals surface area contributed by atoms with Crippen LogP contribution in [0.5, 0.6) is 0 Å². The van der Waals surface area contributed by atoms with Crippen LogP contribution in [0.4, 0.5) is 5.69 Å². The smallest absolute Gasteiger partial charge is 0.290 e. The molecule has 0 aliphatic carbocycles. The summed E-state index contributed by atoms with van der Waals surface area (Å²) in [4.78, 5) is 43.8. The van der Waals surface area contributed by atoms with Gasteiger partial charge in [-0.2, -0.15) is 4.74 Å². The van der Waals surface area contributed by atoms with Crippen molar-refractivity contribution in [1.82, 2.24) is 9.64 Å². The topological polar surface area (TPSA) is 123 Å². The summed E-state index contributed by atoms with van der Waals surface area (Å²) >= 11 is 0. The number of anilines is 1. The SMILES string of the molecule is CCN1C(c2ccc(-c3c(C)on(C)c3=O)cc2)=CC2C=CN=C(C(=O)Nc3cccc(C(N)=O)c3)C21. The Morgan fingerprint density at radius 1 is 1.14 bits per heavy atom. The maximum atomic E-state index is 13.3. The minimum absolute atomic E-state index is 0.0340. The van der Waals surface area contributed by atoms with E-state index in [4.69, 9.17) is 10.3 Å². The zero-order valence-corrected chi connectivity index (χ0v) is 20.8. The zero-order chi connectivity index (χ0) is 26.3. The minimum atomic E-state index is -0.565. The van der Waals surface area contributed by atoms with Crippen LogP contribution in [0.15, 0.2) is 81.2 Å². The summed E-state index contributed by atoms with van der Waals surface area (Å²) in [6.45, 7) is 4.47. The molecule has 0 spiro atoms. The van der Waals surface area contributed by atoms with Gasteiger partial charge in [0.1, 0.15) is 11.5 Å². The molecule has 0 fully saturated rings. The van der Waals surface area contributed by atoms with Crippen LogP contribution < -0.4 is 16.6 Å². The maximum Gasteiger partial charge on any atom is 0.290 e.